The number of primary amides is 2. The molecule has 0 unspecified atom stereocenters. The van der Waals surface area contributed by atoms with Crippen molar-refractivity contribution in [3.05, 3.63) is 71.2 Å². The predicted molar refractivity (Wildman–Crippen MR) is 115 cm³/mol. The molecule has 3 aromatic rings. The maximum absolute atomic E-state index is 12.5. The van der Waals surface area contributed by atoms with Gasteiger partial charge in [0.25, 0.3) is 0 Å². The van der Waals surface area contributed by atoms with Crippen molar-refractivity contribution < 1.29 is 14.4 Å². The first-order chi connectivity index (χ1) is 14.4. The number of hydrogen-bond acceptors (Lipinski definition) is 5. The lowest BCUT2D eigenvalue weighted by Crippen LogP contribution is -2.42. The third-order valence-electron chi connectivity index (χ3n) is 4.14. The fourth-order valence-electron chi connectivity index (χ4n) is 2.87. The number of carbonyl (C=O) groups excluding carboxylic acids is 3. The van der Waals surface area contributed by atoms with E-state index in [1.165, 1.54) is 17.4 Å². The molecule has 4 N–H and O–H groups in total. The number of nitrogens with two attached hydrogens (primary N) is 2. The molecule has 0 atom stereocenters. The maximum Gasteiger partial charge on any atom is 0.247 e. The summed E-state index contributed by atoms with van der Waals surface area (Å²) in [4.78, 5) is 36.8. The van der Waals surface area contributed by atoms with Gasteiger partial charge in [-0.05, 0) is 23.1 Å². The van der Waals surface area contributed by atoms with E-state index in [1.54, 1.807) is 10.8 Å². The fraction of sp³-hybridized carbons (Fsp3) is 0.143. The number of aromatic nitrogens is 2. The molecule has 0 spiro atoms. The Kier molecular flexibility index (Phi) is 6.76. The lowest BCUT2D eigenvalue weighted by Gasteiger charge is -2.17. The molecule has 8 nitrogen and oxygen atoms in total. The zero-order valence-electron chi connectivity index (χ0n) is 16.1. The van der Waals surface area contributed by atoms with Crippen LogP contribution in [0, 0.1) is 0 Å². The van der Waals surface area contributed by atoms with Crippen molar-refractivity contribution in [3.63, 3.8) is 0 Å². The van der Waals surface area contributed by atoms with Gasteiger partial charge in [-0.15, -0.1) is 11.3 Å². The van der Waals surface area contributed by atoms with Crippen LogP contribution in [0.3, 0.4) is 0 Å². The van der Waals surface area contributed by atoms with E-state index in [-0.39, 0.29) is 0 Å². The van der Waals surface area contributed by atoms with Gasteiger partial charge in [-0.1, -0.05) is 36.4 Å². The van der Waals surface area contributed by atoms with Crippen LogP contribution >= 0.6 is 11.3 Å². The van der Waals surface area contributed by atoms with Gasteiger partial charge in [-0.25, -0.2) is 0 Å². The lowest BCUT2D eigenvalue weighted by atomic mass is 10.2. The first-order valence-electron chi connectivity index (χ1n) is 9.11. The second-order valence-corrected chi connectivity index (χ2v) is 7.50. The van der Waals surface area contributed by atoms with E-state index >= 15 is 0 Å². The summed E-state index contributed by atoms with van der Waals surface area (Å²) in [6.07, 6.45) is 4.74. The van der Waals surface area contributed by atoms with E-state index in [2.05, 4.69) is 5.10 Å². The summed E-state index contributed by atoms with van der Waals surface area (Å²) in [6.45, 7) is -0.204. The first kappa shape index (κ1) is 21.0. The molecule has 0 radical (unpaired) electrons. The van der Waals surface area contributed by atoms with Gasteiger partial charge in [-0.3, -0.25) is 19.1 Å². The average Bonchev–Trinajstić information content (AvgIpc) is 3.35. The van der Waals surface area contributed by atoms with Crippen LogP contribution in [-0.2, 0) is 20.9 Å². The Morgan fingerprint density at radius 2 is 1.73 bits per heavy atom. The second-order valence-electron chi connectivity index (χ2n) is 6.55. The summed E-state index contributed by atoms with van der Waals surface area (Å²) in [5, 5.41) is 6.62. The topological polar surface area (TPSA) is 124 Å². The monoisotopic (exact) mass is 423 g/mol. The molecule has 0 aliphatic carbocycles. The second kappa shape index (κ2) is 9.66. The number of carbonyl (C=O) groups is 3. The molecule has 3 amide bonds. The highest BCUT2D eigenvalue weighted by Gasteiger charge is 2.17. The van der Waals surface area contributed by atoms with E-state index in [4.69, 9.17) is 11.5 Å². The molecule has 3 rings (SSSR count). The van der Waals surface area contributed by atoms with Crippen molar-refractivity contribution >= 4 is 35.1 Å². The third kappa shape index (κ3) is 5.65. The normalized spacial score (nSPS) is 10.9. The quantitative estimate of drug-likeness (QED) is 0.506. The van der Waals surface area contributed by atoms with Crippen LogP contribution in [0.25, 0.3) is 16.6 Å². The highest BCUT2D eigenvalue weighted by Crippen LogP contribution is 2.27. The van der Waals surface area contributed by atoms with Crippen LogP contribution in [0.5, 0.6) is 0 Å². The zero-order chi connectivity index (χ0) is 21.5. The summed E-state index contributed by atoms with van der Waals surface area (Å²) >= 11 is 1.54. The molecule has 30 heavy (non-hydrogen) atoms. The van der Waals surface area contributed by atoms with Crippen LogP contribution < -0.4 is 11.5 Å². The summed E-state index contributed by atoms with van der Waals surface area (Å²) in [5.41, 5.74) is 12.9. The molecule has 0 aliphatic heterocycles. The van der Waals surface area contributed by atoms with Crippen molar-refractivity contribution in [2.24, 2.45) is 11.5 Å². The molecule has 0 saturated carbocycles. The Morgan fingerprint density at radius 1 is 1.03 bits per heavy atom. The Morgan fingerprint density at radius 3 is 2.33 bits per heavy atom. The largest absolute Gasteiger partial charge is 0.368 e. The number of rotatable bonds is 9. The Balaban J connectivity index is 1.86. The average molecular weight is 423 g/mol. The molecule has 2 aromatic heterocycles. The van der Waals surface area contributed by atoms with Crippen LogP contribution in [-0.4, -0.2) is 45.5 Å². The predicted octanol–water partition coefficient (Wildman–Crippen LogP) is 1.47. The smallest absolute Gasteiger partial charge is 0.247 e. The maximum atomic E-state index is 12.5. The van der Waals surface area contributed by atoms with Gasteiger partial charge in [0, 0.05) is 17.8 Å². The van der Waals surface area contributed by atoms with E-state index in [0.717, 1.165) is 26.6 Å². The molecular formula is C21H21N5O3S. The zero-order valence-corrected chi connectivity index (χ0v) is 16.9. The van der Waals surface area contributed by atoms with Gasteiger partial charge in [0.1, 0.15) is 18.8 Å². The third-order valence-corrected chi connectivity index (χ3v) is 5.02. The Hall–Kier alpha value is -3.72. The molecular weight excluding hydrogens is 402 g/mol. The summed E-state index contributed by atoms with van der Waals surface area (Å²) in [6, 6.07) is 13.8. The first-order valence-corrected chi connectivity index (χ1v) is 9.99. The standard InChI is InChI=1S/C21H21N5O3S/c22-18(27)13-25(14-19(23)28)20(29)9-8-16-12-26(11-15-5-2-1-3-6-15)24-21(16)17-7-4-10-30-17/h1-10,12H,11,13-14H2,(H2,22,27)(H2,23,28). The molecule has 0 bridgehead atoms. The molecule has 2 heterocycles. The van der Waals surface area contributed by atoms with Gasteiger partial charge in [0.2, 0.25) is 17.7 Å². The van der Waals surface area contributed by atoms with Crippen molar-refractivity contribution in [3.8, 4) is 10.6 Å². The number of amides is 3. The molecule has 0 fully saturated rings. The van der Waals surface area contributed by atoms with Crippen molar-refractivity contribution in [1.29, 1.82) is 0 Å². The van der Waals surface area contributed by atoms with Crippen LogP contribution in [0.1, 0.15) is 11.1 Å². The lowest BCUT2D eigenvalue weighted by molar-refractivity contribution is -0.134. The van der Waals surface area contributed by atoms with E-state index in [0.29, 0.717) is 6.54 Å². The minimum Gasteiger partial charge on any atom is -0.368 e. The summed E-state index contributed by atoms with van der Waals surface area (Å²) in [5.74, 6) is -2.00. The fourth-order valence-corrected chi connectivity index (χ4v) is 3.60. The van der Waals surface area contributed by atoms with E-state index in [9.17, 15) is 14.4 Å². The highest BCUT2D eigenvalue weighted by atomic mass is 32.1. The van der Waals surface area contributed by atoms with Gasteiger partial charge in [-0.2, -0.15) is 5.10 Å². The SMILES string of the molecule is NC(=O)CN(CC(N)=O)C(=O)C=Cc1cn(Cc2ccccc2)nc1-c1cccs1. The minimum atomic E-state index is -0.729. The van der Waals surface area contributed by atoms with Crippen LogP contribution in [0.2, 0.25) is 0 Å². The molecule has 9 heteroatoms. The van der Waals surface area contributed by atoms with Gasteiger partial charge >= 0.3 is 0 Å². The van der Waals surface area contributed by atoms with Crippen LogP contribution in [0.15, 0.2) is 60.1 Å². The number of thiophene rings is 1. The van der Waals surface area contributed by atoms with Crippen molar-refractivity contribution in [2.75, 3.05) is 13.1 Å². The van der Waals surface area contributed by atoms with E-state index in [1.807, 2.05) is 54.0 Å². The highest BCUT2D eigenvalue weighted by molar-refractivity contribution is 7.13. The Labute approximate surface area is 177 Å². The van der Waals surface area contributed by atoms with Gasteiger partial charge < -0.3 is 16.4 Å². The van der Waals surface area contributed by atoms with Gasteiger partial charge in [0.15, 0.2) is 0 Å². The molecule has 1 aromatic carbocycles. The Bertz CT molecular complexity index is 1040. The number of hydrogen-bond donors (Lipinski definition) is 2. The molecule has 0 saturated heterocycles. The van der Waals surface area contributed by atoms with Crippen molar-refractivity contribution in [2.45, 2.75) is 6.54 Å². The molecule has 0 aliphatic rings. The number of nitrogens with zero attached hydrogens (tertiary/aromatic N) is 3. The molecule has 154 valence electrons. The minimum absolute atomic E-state index is 0.392. The summed E-state index contributed by atoms with van der Waals surface area (Å²) < 4.78 is 1.80. The van der Waals surface area contributed by atoms with E-state index < -0.39 is 30.8 Å². The van der Waals surface area contributed by atoms with Crippen LogP contribution in [0.4, 0.5) is 0 Å². The summed E-state index contributed by atoms with van der Waals surface area (Å²) in [7, 11) is 0. The number of benzene rings is 1. The van der Waals surface area contributed by atoms with Gasteiger partial charge in [0.05, 0.1) is 11.4 Å². The van der Waals surface area contributed by atoms with Crippen molar-refractivity contribution in [1.82, 2.24) is 14.7 Å².